The highest BCUT2D eigenvalue weighted by Gasteiger charge is 2.29. The van der Waals surface area contributed by atoms with E-state index in [9.17, 15) is 13.2 Å². The maximum Gasteiger partial charge on any atom is 0.243 e. The summed E-state index contributed by atoms with van der Waals surface area (Å²) in [6.45, 7) is 1.71. The van der Waals surface area contributed by atoms with Crippen LogP contribution in [0.4, 0.5) is 0 Å². The second kappa shape index (κ2) is 9.80. The summed E-state index contributed by atoms with van der Waals surface area (Å²) in [6.07, 6.45) is 0.872. The maximum absolute atomic E-state index is 12.6. The molecule has 1 amide bonds. The number of ether oxygens (including phenoxy) is 1. The predicted octanol–water partition coefficient (Wildman–Crippen LogP) is 3.69. The van der Waals surface area contributed by atoms with Gasteiger partial charge in [0.15, 0.2) is 0 Å². The molecule has 0 N–H and O–H groups in total. The number of rotatable bonds is 7. The highest BCUT2D eigenvalue weighted by Crippen LogP contribution is 2.27. The molecule has 0 aromatic heterocycles. The Labute approximate surface area is 181 Å². The van der Waals surface area contributed by atoms with Crippen LogP contribution in [0.25, 0.3) is 0 Å². The van der Waals surface area contributed by atoms with Gasteiger partial charge in [-0.1, -0.05) is 41.4 Å². The van der Waals surface area contributed by atoms with Crippen molar-refractivity contribution in [3.05, 3.63) is 58.6 Å². The number of benzene rings is 2. The number of piperazine rings is 1. The minimum Gasteiger partial charge on any atom is -0.492 e. The van der Waals surface area contributed by atoms with Crippen molar-refractivity contribution in [1.82, 2.24) is 9.21 Å². The lowest BCUT2D eigenvalue weighted by Gasteiger charge is -2.34. The lowest BCUT2D eigenvalue weighted by Crippen LogP contribution is -2.50. The minimum atomic E-state index is -3.52. The van der Waals surface area contributed by atoms with E-state index in [0.29, 0.717) is 61.4 Å². The normalized spacial score (nSPS) is 15.3. The molecule has 156 valence electrons. The van der Waals surface area contributed by atoms with Crippen LogP contribution in [-0.2, 0) is 14.8 Å². The fourth-order valence-corrected chi connectivity index (χ4v) is 4.98. The van der Waals surface area contributed by atoms with Gasteiger partial charge < -0.3 is 9.64 Å². The Morgan fingerprint density at radius 2 is 1.69 bits per heavy atom. The van der Waals surface area contributed by atoms with Crippen molar-refractivity contribution in [1.29, 1.82) is 0 Å². The average Bonchev–Trinajstić information content (AvgIpc) is 2.73. The molecule has 0 atom stereocenters. The summed E-state index contributed by atoms with van der Waals surface area (Å²) in [5.74, 6) is 0.524. The van der Waals surface area contributed by atoms with Crippen LogP contribution >= 0.6 is 23.2 Å². The summed E-state index contributed by atoms with van der Waals surface area (Å²) in [5, 5.41) is 0.963. The van der Waals surface area contributed by atoms with Gasteiger partial charge in [-0.15, -0.1) is 0 Å². The molecular weight excluding hydrogens is 435 g/mol. The predicted molar refractivity (Wildman–Crippen MR) is 113 cm³/mol. The second-order valence-electron chi connectivity index (χ2n) is 6.62. The van der Waals surface area contributed by atoms with Crippen molar-refractivity contribution in [3.63, 3.8) is 0 Å². The molecule has 0 aliphatic carbocycles. The van der Waals surface area contributed by atoms with Crippen molar-refractivity contribution in [2.75, 3.05) is 32.8 Å². The van der Waals surface area contributed by atoms with Crippen LogP contribution in [0.15, 0.2) is 53.4 Å². The van der Waals surface area contributed by atoms with Gasteiger partial charge in [-0.3, -0.25) is 4.79 Å². The van der Waals surface area contributed by atoms with E-state index in [1.165, 1.54) is 4.31 Å². The molecule has 1 heterocycles. The average molecular weight is 457 g/mol. The molecule has 0 bridgehead atoms. The zero-order valence-electron chi connectivity index (χ0n) is 15.8. The summed E-state index contributed by atoms with van der Waals surface area (Å²) in [5.41, 5.74) is 0. The third kappa shape index (κ3) is 5.63. The molecule has 6 nitrogen and oxygen atoms in total. The SMILES string of the molecule is O=C(CCCOc1ccc(Cl)cc1Cl)N1CCN(S(=O)(=O)c2ccccc2)CC1. The van der Waals surface area contributed by atoms with E-state index < -0.39 is 10.0 Å². The fraction of sp³-hybridized carbons (Fsp3) is 0.350. The van der Waals surface area contributed by atoms with Gasteiger partial charge >= 0.3 is 0 Å². The number of carbonyl (C=O) groups is 1. The van der Waals surface area contributed by atoms with Crippen molar-refractivity contribution in [2.24, 2.45) is 0 Å². The van der Waals surface area contributed by atoms with Crippen molar-refractivity contribution >= 4 is 39.1 Å². The summed E-state index contributed by atoms with van der Waals surface area (Å²) >= 11 is 11.9. The van der Waals surface area contributed by atoms with Gasteiger partial charge in [0.25, 0.3) is 0 Å². The summed E-state index contributed by atoms with van der Waals surface area (Å²) in [6, 6.07) is 13.3. The molecule has 0 saturated carbocycles. The molecule has 1 aliphatic heterocycles. The van der Waals surface area contributed by atoms with E-state index in [1.54, 1.807) is 53.4 Å². The molecule has 2 aromatic rings. The Bertz CT molecular complexity index is 946. The first-order chi connectivity index (χ1) is 13.9. The maximum atomic E-state index is 12.6. The monoisotopic (exact) mass is 456 g/mol. The lowest BCUT2D eigenvalue weighted by atomic mass is 10.2. The second-order valence-corrected chi connectivity index (χ2v) is 9.41. The van der Waals surface area contributed by atoms with Crippen LogP contribution in [0, 0.1) is 0 Å². The number of hydrogen-bond acceptors (Lipinski definition) is 4. The van der Waals surface area contributed by atoms with Crippen LogP contribution in [0.3, 0.4) is 0 Å². The highest BCUT2D eigenvalue weighted by molar-refractivity contribution is 7.89. The molecule has 9 heteroatoms. The third-order valence-electron chi connectivity index (χ3n) is 4.66. The van der Waals surface area contributed by atoms with E-state index in [4.69, 9.17) is 27.9 Å². The van der Waals surface area contributed by atoms with Gasteiger partial charge in [-0.25, -0.2) is 8.42 Å². The summed E-state index contributed by atoms with van der Waals surface area (Å²) < 4.78 is 32.3. The van der Waals surface area contributed by atoms with Crippen LogP contribution in [0.1, 0.15) is 12.8 Å². The largest absolute Gasteiger partial charge is 0.492 e. The topological polar surface area (TPSA) is 66.9 Å². The van der Waals surface area contributed by atoms with Crippen molar-refractivity contribution in [2.45, 2.75) is 17.7 Å². The van der Waals surface area contributed by atoms with E-state index >= 15 is 0 Å². The van der Waals surface area contributed by atoms with E-state index in [1.807, 2.05) is 0 Å². The van der Waals surface area contributed by atoms with Crippen LogP contribution in [0.2, 0.25) is 10.0 Å². The minimum absolute atomic E-state index is 0.00689. The first kappa shape index (κ1) is 21.9. The highest BCUT2D eigenvalue weighted by atomic mass is 35.5. The van der Waals surface area contributed by atoms with Crippen molar-refractivity contribution < 1.29 is 17.9 Å². The fourth-order valence-electron chi connectivity index (χ4n) is 3.08. The molecule has 0 radical (unpaired) electrons. The molecule has 0 spiro atoms. The summed E-state index contributed by atoms with van der Waals surface area (Å²) in [7, 11) is -3.52. The number of halogens is 2. The Balaban J connectivity index is 1.43. The van der Waals surface area contributed by atoms with E-state index in [-0.39, 0.29) is 10.8 Å². The van der Waals surface area contributed by atoms with Gasteiger partial charge in [-0.2, -0.15) is 4.31 Å². The van der Waals surface area contributed by atoms with Crippen LogP contribution < -0.4 is 4.74 Å². The molecule has 1 saturated heterocycles. The van der Waals surface area contributed by atoms with Gasteiger partial charge in [0.05, 0.1) is 16.5 Å². The molecular formula is C20H22Cl2N2O4S. The number of hydrogen-bond donors (Lipinski definition) is 0. The molecule has 29 heavy (non-hydrogen) atoms. The van der Waals surface area contributed by atoms with Crippen molar-refractivity contribution in [3.8, 4) is 5.75 Å². The molecule has 1 aliphatic rings. The Kier molecular flexibility index (Phi) is 7.40. The Morgan fingerprint density at radius 3 is 2.34 bits per heavy atom. The number of carbonyl (C=O) groups excluding carboxylic acids is 1. The molecule has 0 unspecified atom stereocenters. The Hall–Kier alpha value is -1.80. The van der Waals surface area contributed by atoms with Crippen LogP contribution in [-0.4, -0.2) is 56.3 Å². The molecule has 1 fully saturated rings. The van der Waals surface area contributed by atoms with Gasteiger partial charge in [-0.05, 0) is 36.8 Å². The lowest BCUT2D eigenvalue weighted by molar-refractivity contribution is -0.132. The zero-order chi connectivity index (χ0) is 20.9. The Morgan fingerprint density at radius 1 is 1.00 bits per heavy atom. The number of amides is 1. The third-order valence-corrected chi connectivity index (χ3v) is 7.10. The van der Waals surface area contributed by atoms with E-state index in [0.717, 1.165) is 0 Å². The van der Waals surface area contributed by atoms with Crippen LogP contribution in [0.5, 0.6) is 5.75 Å². The first-order valence-electron chi connectivity index (χ1n) is 9.29. The van der Waals surface area contributed by atoms with Gasteiger partial charge in [0.2, 0.25) is 15.9 Å². The molecule has 3 rings (SSSR count). The quantitative estimate of drug-likeness (QED) is 0.595. The smallest absolute Gasteiger partial charge is 0.243 e. The number of sulfonamides is 1. The summed E-state index contributed by atoms with van der Waals surface area (Å²) in [4.78, 5) is 14.4. The number of nitrogens with zero attached hydrogens (tertiary/aromatic N) is 2. The zero-order valence-corrected chi connectivity index (χ0v) is 18.1. The first-order valence-corrected chi connectivity index (χ1v) is 11.5. The van der Waals surface area contributed by atoms with Gasteiger partial charge in [0, 0.05) is 37.6 Å². The van der Waals surface area contributed by atoms with E-state index in [2.05, 4.69) is 0 Å². The molecule has 2 aromatic carbocycles. The standard InChI is InChI=1S/C20H22Cl2N2O4S/c21-16-8-9-19(18(22)15-16)28-14-4-7-20(25)23-10-12-24(13-11-23)29(26,27)17-5-2-1-3-6-17/h1-3,5-6,8-9,15H,4,7,10-14H2. The van der Waals surface area contributed by atoms with Gasteiger partial charge in [0.1, 0.15) is 5.75 Å².